The average Bonchev–Trinajstić information content (AvgIpc) is 3.26. The Kier molecular flexibility index (Phi) is 22.2. The minimum absolute atomic E-state index is 0. The molecule has 0 spiro atoms. The molecule has 278 valence electrons. The van der Waals surface area contributed by atoms with E-state index in [1.165, 1.54) is 0 Å². The number of amides is 2. The molecule has 0 radical (unpaired) electrons. The van der Waals surface area contributed by atoms with Gasteiger partial charge in [-0.25, -0.2) is 9.11 Å². The summed E-state index contributed by atoms with van der Waals surface area (Å²) in [7, 11) is -12.1. The third-order valence-corrected chi connectivity index (χ3v) is 9.49. The second kappa shape index (κ2) is 22.1. The van der Waals surface area contributed by atoms with Gasteiger partial charge in [0.05, 0.1) is 25.2 Å². The molecule has 0 saturated carbocycles. The molecular formula is C23H33N4Na3O20P2. The van der Waals surface area contributed by atoms with Crippen molar-refractivity contribution in [1.82, 2.24) is 20.2 Å². The number of hydrogen-bond acceptors (Lipinski definition) is 20. The van der Waals surface area contributed by atoms with Gasteiger partial charge >= 0.3 is 94.4 Å². The second-order valence-corrected chi connectivity index (χ2v) is 13.6. The van der Waals surface area contributed by atoms with Gasteiger partial charge in [-0.15, -0.1) is 0 Å². The van der Waals surface area contributed by atoms with E-state index in [0.717, 1.165) is 33.0 Å². The van der Waals surface area contributed by atoms with Crippen molar-refractivity contribution in [2.24, 2.45) is 0 Å². The number of phosphoric acid groups is 2. The van der Waals surface area contributed by atoms with Crippen LogP contribution in [0.2, 0.25) is 0 Å². The molecule has 24 nitrogen and oxygen atoms in total. The van der Waals surface area contributed by atoms with Gasteiger partial charge < -0.3 is 69.5 Å². The number of aliphatic carboxylic acids is 1. The van der Waals surface area contributed by atoms with Crippen molar-refractivity contribution >= 4 is 33.4 Å². The summed E-state index contributed by atoms with van der Waals surface area (Å²) in [6, 6.07) is -2.46. The van der Waals surface area contributed by atoms with Crippen LogP contribution in [-0.4, -0.2) is 122 Å². The third kappa shape index (κ3) is 14.2. The van der Waals surface area contributed by atoms with Crippen molar-refractivity contribution in [3.8, 4) is 0 Å². The largest absolute Gasteiger partial charge is 1.00 e. The standard InChI is InChI=1S/C23H36N4O20P2.3Na/c1-8(21(35)36)24-19(34)9(2)43-18-14(25-10(3)29)22(45-11(6-28)16(18)32)46-49(40,41)47-48(38,39)42-7-12-15(31)17(33)20(44-12)27-5-4-13(30)26-23(27)37;;;/h4-5,8-9,11-12,14-18,20,22,28,31-33H,6-7H2,1-3H3,(H,24,34)(H,25,29)(H,35,36)(H,38,39)(H,40,41)(H,26,30,37);;;/q;3*+1/p-3/t8-,9+,11+,12+,14+,15+,16+,17+,18+,20+,22+;;;/m0.../s1. The molecule has 2 saturated heterocycles. The van der Waals surface area contributed by atoms with Crippen LogP contribution in [0.5, 0.6) is 0 Å². The van der Waals surface area contributed by atoms with E-state index in [1.54, 1.807) is 0 Å². The molecule has 2 amide bonds. The van der Waals surface area contributed by atoms with Crippen LogP contribution in [0.15, 0.2) is 21.9 Å². The molecule has 1 aromatic rings. The maximum atomic E-state index is 12.7. The average molecular weight is 816 g/mol. The Balaban J connectivity index is 0.00000867. The van der Waals surface area contributed by atoms with E-state index >= 15 is 0 Å². The zero-order chi connectivity index (χ0) is 37.0. The molecule has 3 rings (SSSR count). The van der Waals surface area contributed by atoms with Gasteiger partial charge in [-0.2, -0.15) is 0 Å². The van der Waals surface area contributed by atoms with Crippen LogP contribution in [0.1, 0.15) is 27.0 Å². The van der Waals surface area contributed by atoms with Gasteiger partial charge in [0.15, 0.2) is 12.5 Å². The minimum atomic E-state index is -6.12. The first kappa shape index (κ1) is 52.1. The van der Waals surface area contributed by atoms with E-state index in [2.05, 4.69) is 14.2 Å². The number of aromatic nitrogens is 2. The van der Waals surface area contributed by atoms with Crippen molar-refractivity contribution in [2.45, 2.75) is 88.1 Å². The molecule has 1 aromatic heterocycles. The van der Waals surface area contributed by atoms with Crippen molar-refractivity contribution in [2.75, 3.05) is 13.2 Å². The normalized spacial score (nSPS) is 30.4. The number of carbonyl (C=O) groups excluding carboxylic acids is 3. The van der Waals surface area contributed by atoms with Crippen molar-refractivity contribution in [1.29, 1.82) is 0 Å². The molecule has 3 heterocycles. The van der Waals surface area contributed by atoms with Gasteiger partial charge in [-0.1, -0.05) is 0 Å². The second-order valence-electron chi connectivity index (χ2n) is 10.7. The van der Waals surface area contributed by atoms with Crippen LogP contribution in [0.3, 0.4) is 0 Å². The fourth-order valence-electron chi connectivity index (χ4n) is 4.58. The Labute approximate surface area is 359 Å². The molecule has 0 bridgehead atoms. The molecular weight excluding hydrogens is 783 g/mol. The Bertz CT molecular complexity index is 1590. The number of nitrogens with one attached hydrogen (secondary N) is 3. The van der Waals surface area contributed by atoms with Gasteiger partial charge in [0, 0.05) is 19.2 Å². The number of nitrogens with zero attached hydrogens (tertiary/aromatic N) is 1. The number of aliphatic hydroxyl groups excluding tert-OH is 4. The molecule has 13 atom stereocenters. The zero-order valence-electron chi connectivity index (χ0n) is 28.6. The number of rotatable bonds is 15. The summed E-state index contributed by atoms with van der Waals surface area (Å²) in [5.41, 5.74) is -1.85. The Morgan fingerprint density at radius 2 is 1.63 bits per heavy atom. The molecule has 2 aliphatic rings. The van der Waals surface area contributed by atoms with E-state index in [-0.39, 0.29) is 88.7 Å². The third-order valence-electron chi connectivity index (χ3n) is 6.96. The first-order chi connectivity index (χ1) is 22.7. The number of aliphatic hydroxyl groups is 4. The SMILES string of the molecule is CC(=O)N[C@H]1[C@@H](OP(=O)([O-])OP(=O)([O-])OC[C@H]2O[C@@H](n3ccc(=O)[nH]c3=O)[C@H](O)[C@@H]2O)O[C@H](CO)[C@@H](O)[C@@H]1O[C@H](C)C(=O)N[C@@H](C)C(=O)[O-].[Na+].[Na+].[Na+]. The van der Waals surface area contributed by atoms with Crippen LogP contribution in [-0.2, 0) is 51.1 Å². The summed E-state index contributed by atoms with van der Waals surface area (Å²) >= 11 is 0. The summed E-state index contributed by atoms with van der Waals surface area (Å²) in [5, 5.41) is 56.1. The van der Waals surface area contributed by atoms with Gasteiger partial charge in [-0.05, 0) is 13.8 Å². The number of hydrogen-bond donors (Lipinski definition) is 7. The molecule has 52 heavy (non-hydrogen) atoms. The van der Waals surface area contributed by atoms with E-state index in [9.17, 15) is 68.4 Å². The smallest absolute Gasteiger partial charge is 0.756 e. The van der Waals surface area contributed by atoms with E-state index in [4.69, 9.17) is 18.7 Å². The van der Waals surface area contributed by atoms with Gasteiger partial charge in [-0.3, -0.25) is 37.6 Å². The Morgan fingerprint density at radius 3 is 2.17 bits per heavy atom. The minimum Gasteiger partial charge on any atom is -0.756 e. The molecule has 2 fully saturated rings. The maximum Gasteiger partial charge on any atom is 1.00 e. The fraction of sp³-hybridized carbons (Fsp3) is 0.696. The quantitative estimate of drug-likeness (QED) is 0.0638. The summed E-state index contributed by atoms with van der Waals surface area (Å²) in [6.07, 6.45) is -15.6. The number of phosphoric ester groups is 2. The van der Waals surface area contributed by atoms with Gasteiger partial charge in [0.25, 0.3) is 21.2 Å². The molecule has 0 aliphatic carbocycles. The van der Waals surface area contributed by atoms with Crippen LogP contribution in [0, 0.1) is 0 Å². The van der Waals surface area contributed by atoms with E-state index in [1.807, 2.05) is 10.3 Å². The first-order valence-electron chi connectivity index (χ1n) is 14.0. The van der Waals surface area contributed by atoms with Crippen LogP contribution < -0.4 is 125 Å². The van der Waals surface area contributed by atoms with Crippen molar-refractivity contribution in [3.63, 3.8) is 0 Å². The molecule has 2 aliphatic heterocycles. The Hall–Kier alpha value is 0.0700. The maximum absolute atomic E-state index is 12.7. The van der Waals surface area contributed by atoms with Crippen molar-refractivity contribution < 1.29 is 175 Å². The summed E-state index contributed by atoms with van der Waals surface area (Å²) in [4.78, 5) is 85.7. The summed E-state index contributed by atoms with van der Waals surface area (Å²) in [5.74, 6) is -3.62. The predicted molar refractivity (Wildman–Crippen MR) is 147 cm³/mol. The molecule has 7 N–H and O–H groups in total. The topological polar surface area (TPSA) is 370 Å². The van der Waals surface area contributed by atoms with E-state index in [0.29, 0.717) is 4.57 Å². The number of ether oxygens (including phenoxy) is 3. The molecule has 29 heteroatoms. The van der Waals surface area contributed by atoms with Crippen LogP contribution in [0.4, 0.5) is 0 Å². The number of carbonyl (C=O) groups is 3. The van der Waals surface area contributed by atoms with Gasteiger partial charge in [0.2, 0.25) is 11.8 Å². The van der Waals surface area contributed by atoms with Crippen LogP contribution >= 0.6 is 15.6 Å². The predicted octanol–water partition coefficient (Wildman–Crippen LogP) is -16.2. The molecule has 2 unspecified atom stereocenters. The van der Waals surface area contributed by atoms with Crippen molar-refractivity contribution in [3.05, 3.63) is 33.1 Å². The number of carboxylic acid groups (broad SMARTS) is 1. The van der Waals surface area contributed by atoms with E-state index < -0.39 is 125 Å². The Morgan fingerprint density at radius 1 is 1.02 bits per heavy atom. The first-order valence-corrected chi connectivity index (χ1v) is 17.0. The molecule has 0 aromatic carbocycles. The number of H-pyrrole nitrogens is 1. The van der Waals surface area contributed by atoms with Gasteiger partial charge in [0.1, 0.15) is 48.8 Å². The monoisotopic (exact) mass is 816 g/mol. The summed E-state index contributed by atoms with van der Waals surface area (Å²) < 4.78 is 55.0. The van der Waals surface area contributed by atoms with Crippen LogP contribution in [0.25, 0.3) is 0 Å². The fourth-order valence-corrected chi connectivity index (χ4v) is 6.66. The zero-order valence-corrected chi connectivity index (χ0v) is 36.4. The summed E-state index contributed by atoms with van der Waals surface area (Å²) in [6.45, 7) is 0.862. The number of aromatic amines is 1. The number of carboxylic acids is 1.